The molecule has 5 aliphatic rings. The lowest BCUT2D eigenvalue weighted by Gasteiger charge is -2.37. The molecule has 0 amide bonds. The van der Waals surface area contributed by atoms with Crippen molar-refractivity contribution in [3.63, 3.8) is 0 Å². The Morgan fingerprint density at radius 3 is 1.72 bits per heavy atom. The van der Waals surface area contributed by atoms with Crippen molar-refractivity contribution in [2.24, 2.45) is 0 Å². The molecule has 0 fully saturated rings. The number of fused-ring (bicyclic) bond motifs is 15. The summed E-state index contributed by atoms with van der Waals surface area (Å²) in [5.41, 5.74) is 20.0. The van der Waals surface area contributed by atoms with Gasteiger partial charge in [0.2, 0.25) is 0 Å². The lowest BCUT2D eigenvalue weighted by atomic mass is 9.70. The van der Waals surface area contributed by atoms with E-state index >= 15 is 0 Å². The predicted molar refractivity (Wildman–Crippen MR) is 263 cm³/mol. The summed E-state index contributed by atoms with van der Waals surface area (Å²) in [5.74, 6) is 2.78. The molecule has 0 bridgehead atoms. The van der Waals surface area contributed by atoms with E-state index in [2.05, 4.69) is 228 Å². The summed E-state index contributed by atoms with van der Waals surface area (Å²) in [6.45, 7) is 0. The number of anilines is 4. The lowest BCUT2D eigenvalue weighted by Crippen LogP contribution is -2.32. The average Bonchev–Trinajstić information content (AvgIpc) is 3.97. The second-order valence-electron chi connectivity index (χ2n) is 17.5. The second-order valence-corrected chi connectivity index (χ2v) is 17.5. The maximum absolute atomic E-state index is 7.29. The van der Waals surface area contributed by atoms with Crippen LogP contribution in [0.1, 0.15) is 34.2 Å². The maximum Gasteiger partial charge on any atom is 0.194 e. The number of benzene rings is 9. The lowest BCUT2D eigenvalue weighted by molar-refractivity contribution is 0.360. The van der Waals surface area contributed by atoms with Gasteiger partial charge in [-0.25, -0.2) is 0 Å². The van der Waals surface area contributed by atoms with Gasteiger partial charge in [-0.3, -0.25) is 0 Å². The normalized spacial score (nSPS) is 16.0. The van der Waals surface area contributed by atoms with Gasteiger partial charge in [0.1, 0.15) is 0 Å². The van der Waals surface area contributed by atoms with Gasteiger partial charge in [-0.05, 0) is 110 Å². The molecule has 0 radical (unpaired) electrons. The average molecular weight is 833 g/mol. The van der Waals surface area contributed by atoms with Crippen molar-refractivity contribution in [2.75, 3.05) is 9.80 Å². The van der Waals surface area contributed by atoms with Gasteiger partial charge < -0.3 is 19.3 Å². The number of hydrogen-bond acceptors (Lipinski definition) is 4. The number of nitrogens with zero attached hydrogens (tertiary/aromatic N) is 2. The highest BCUT2D eigenvalue weighted by molar-refractivity contribution is 5.97. The van der Waals surface area contributed by atoms with Crippen molar-refractivity contribution in [3.8, 4) is 56.4 Å². The molecule has 1 spiro atoms. The van der Waals surface area contributed by atoms with Crippen molar-refractivity contribution >= 4 is 28.3 Å². The summed E-state index contributed by atoms with van der Waals surface area (Å²) in [6.07, 6.45) is 5.41. The van der Waals surface area contributed by atoms with Crippen LogP contribution in [-0.2, 0) is 5.41 Å². The Balaban J connectivity index is 0.941. The van der Waals surface area contributed by atoms with E-state index in [1.54, 1.807) is 0 Å². The van der Waals surface area contributed by atoms with Gasteiger partial charge >= 0.3 is 0 Å². The molecule has 0 N–H and O–H groups in total. The zero-order valence-electron chi connectivity index (χ0n) is 35.4. The Bertz CT molecular complexity index is 3450. The molecule has 9 aromatic rings. The SMILES string of the molecule is C1=C2c3ccccc3N(c3ccccc3)C2CC(N(c2ccccc2-c2ccccc2)c2cccc3c2Oc2cc4c(cc2O3)C2(c3ccccc3-c3ccccc32)c2ccccc2-4)=C1. The van der Waals surface area contributed by atoms with Crippen LogP contribution in [0.15, 0.2) is 230 Å². The Morgan fingerprint density at radius 2 is 1.00 bits per heavy atom. The van der Waals surface area contributed by atoms with E-state index < -0.39 is 5.41 Å². The van der Waals surface area contributed by atoms with E-state index in [1.165, 1.54) is 61.5 Å². The van der Waals surface area contributed by atoms with E-state index in [4.69, 9.17) is 9.47 Å². The van der Waals surface area contributed by atoms with Gasteiger partial charge in [0, 0.05) is 34.6 Å². The van der Waals surface area contributed by atoms with Gasteiger partial charge in [0.15, 0.2) is 23.0 Å². The van der Waals surface area contributed by atoms with Crippen LogP contribution in [0.25, 0.3) is 39.0 Å². The highest BCUT2D eigenvalue weighted by Gasteiger charge is 2.52. The Hall–Kier alpha value is -8.34. The van der Waals surface area contributed by atoms with E-state index in [-0.39, 0.29) is 6.04 Å². The van der Waals surface area contributed by atoms with Crippen molar-refractivity contribution in [1.82, 2.24) is 0 Å². The van der Waals surface area contributed by atoms with Crippen molar-refractivity contribution in [3.05, 3.63) is 258 Å². The predicted octanol–water partition coefficient (Wildman–Crippen LogP) is 15.6. The third-order valence-corrected chi connectivity index (χ3v) is 14.2. The minimum absolute atomic E-state index is 0.0828. The van der Waals surface area contributed by atoms with Gasteiger partial charge in [-0.2, -0.15) is 0 Å². The van der Waals surface area contributed by atoms with E-state index in [9.17, 15) is 0 Å². The summed E-state index contributed by atoms with van der Waals surface area (Å²) >= 11 is 0. The summed E-state index contributed by atoms with van der Waals surface area (Å²) in [4.78, 5) is 4.93. The molecular formula is C61H40N2O2. The first-order chi connectivity index (χ1) is 32.3. The Kier molecular flexibility index (Phi) is 7.70. The molecule has 14 rings (SSSR count). The molecule has 3 aliphatic carbocycles. The van der Waals surface area contributed by atoms with Crippen molar-refractivity contribution in [1.29, 1.82) is 0 Å². The van der Waals surface area contributed by atoms with Crippen LogP contribution < -0.4 is 19.3 Å². The third kappa shape index (κ3) is 5.08. The van der Waals surface area contributed by atoms with Crippen LogP contribution in [0.4, 0.5) is 22.7 Å². The first-order valence-corrected chi connectivity index (χ1v) is 22.5. The number of allylic oxidation sites excluding steroid dienone is 2. The van der Waals surface area contributed by atoms with Gasteiger partial charge in [0.25, 0.3) is 0 Å². The smallest absolute Gasteiger partial charge is 0.194 e. The van der Waals surface area contributed by atoms with Crippen molar-refractivity contribution < 1.29 is 9.47 Å². The number of rotatable bonds is 5. The number of hydrogen-bond donors (Lipinski definition) is 0. The highest BCUT2D eigenvalue weighted by atomic mass is 16.6. The molecule has 4 heteroatoms. The highest BCUT2D eigenvalue weighted by Crippen LogP contribution is 2.65. The molecule has 65 heavy (non-hydrogen) atoms. The monoisotopic (exact) mass is 832 g/mol. The van der Waals surface area contributed by atoms with Crippen LogP contribution in [-0.4, -0.2) is 6.04 Å². The van der Waals surface area contributed by atoms with Gasteiger partial charge in [-0.15, -0.1) is 0 Å². The molecule has 0 saturated heterocycles. The fourth-order valence-electron chi connectivity index (χ4n) is 11.7. The van der Waals surface area contributed by atoms with Gasteiger partial charge in [0.05, 0.1) is 22.8 Å². The maximum atomic E-state index is 7.29. The standard InChI is InChI=1S/C61H40N2O2/c1-3-18-39(19-4-1)42-22-10-15-30-53(42)63(41-34-35-47-46-26-11-16-31-54(46)62(56(47)36-41)40-20-5-2-6-21-40)55-32-17-33-57-60(55)65-58-37-48-45-25-9-14-29-51(45)61(52(48)38-59(58)64-57)49-27-12-7-23-43(49)44-24-8-13-28-50(44)61/h1-35,37-38,56H,36H2. The topological polar surface area (TPSA) is 24.9 Å². The van der Waals surface area contributed by atoms with Crippen LogP contribution in [0.5, 0.6) is 23.0 Å². The molecule has 0 saturated carbocycles. The molecule has 2 aliphatic heterocycles. The van der Waals surface area contributed by atoms with E-state index in [0.717, 1.165) is 40.2 Å². The fraction of sp³-hybridized carbons (Fsp3) is 0.0492. The molecule has 9 aromatic carbocycles. The summed E-state index contributed by atoms with van der Waals surface area (Å²) in [7, 11) is 0. The molecule has 2 heterocycles. The van der Waals surface area contributed by atoms with Crippen LogP contribution in [0, 0.1) is 0 Å². The third-order valence-electron chi connectivity index (χ3n) is 14.2. The van der Waals surface area contributed by atoms with Crippen LogP contribution >= 0.6 is 0 Å². The number of ether oxygens (including phenoxy) is 2. The minimum Gasteiger partial charge on any atom is -0.449 e. The zero-order valence-corrected chi connectivity index (χ0v) is 35.4. The fourth-order valence-corrected chi connectivity index (χ4v) is 11.7. The second kappa shape index (κ2) is 13.8. The quantitative estimate of drug-likeness (QED) is 0.172. The molecule has 0 aromatic heterocycles. The van der Waals surface area contributed by atoms with Crippen LogP contribution in [0.2, 0.25) is 0 Å². The summed E-state index contributed by atoms with van der Waals surface area (Å²) < 4.78 is 14.4. The first kappa shape index (κ1) is 36.2. The zero-order chi connectivity index (χ0) is 42.6. The van der Waals surface area contributed by atoms with Crippen LogP contribution in [0.3, 0.4) is 0 Å². The molecule has 306 valence electrons. The van der Waals surface area contributed by atoms with E-state index in [1.807, 2.05) is 6.07 Å². The summed E-state index contributed by atoms with van der Waals surface area (Å²) in [5, 5.41) is 0. The molecule has 1 unspecified atom stereocenters. The summed E-state index contributed by atoms with van der Waals surface area (Å²) in [6, 6.07) is 76.6. The molecular weight excluding hydrogens is 793 g/mol. The molecule has 4 nitrogen and oxygen atoms in total. The largest absolute Gasteiger partial charge is 0.449 e. The van der Waals surface area contributed by atoms with Crippen molar-refractivity contribution in [2.45, 2.75) is 17.9 Å². The van der Waals surface area contributed by atoms with E-state index in [0.29, 0.717) is 23.0 Å². The Morgan fingerprint density at radius 1 is 0.431 bits per heavy atom. The van der Waals surface area contributed by atoms with Gasteiger partial charge in [-0.1, -0.05) is 170 Å². The minimum atomic E-state index is -0.481. The first-order valence-electron chi connectivity index (χ1n) is 22.5. The number of para-hydroxylation sites is 4. The molecule has 1 atom stereocenters. The Labute approximate surface area is 378 Å².